The van der Waals surface area contributed by atoms with E-state index in [1.807, 2.05) is 17.4 Å². The van der Waals surface area contributed by atoms with Crippen LogP contribution in [0.2, 0.25) is 5.02 Å². The average Bonchev–Trinajstić information content (AvgIpc) is 2.86. The molecule has 1 nitrogen and oxygen atoms in total. The lowest BCUT2D eigenvalue weighted by Crippen LogP contribution is -2.17. The fourth-order valence-electron chi connectivity index (χ4n) is 2.30. The lowest BCUT2D eigenvalue weighted by atomic mass is 10.2. The van der Waals surface area contributed by atoms with E-state index in [9.17, 15) is 0 Å². The minimum absolute atomic E-state index is 0.835. The first-order chi connectivity index (χ1) is 7.81. The van der Waals surface area contributed by atoms with Crippen LogP contribution in [-0.4, -0.2) is 18.0 Å². The van der Waals surface area contributed by atoms with Crippen molar-refractivity contribution in [2.75, 3.05) is 13.1 Å². The molecule has 0 spiro atoms. The number of fused-ring (bicyclic) bond motifs is 1. The third-order valence-corrected chi connectivity index (χ3v) is 4.43. The van der Waals surface area contributed by atoms with Gasteiger partial charge in [-0.05, 0) is 49.5 Å². The lowest BCUT2D eigenvalue weighted by molar-refractivity contribution is 0.334. The first kappa shape index (κ1) is 10.6. The highest BCUT2D eigenvalue weighted by molar-refractivity contribution is 7.19. The fraction of sp³-hybridized carbons (Fsp3) is 0.385. The SMILES string of the molecule is Clc1ccc2cc(CN3CCCC3)sc2c1. The summed E-state index contributed by atoms with van der Waals surface area (Å²) in [5.41, 5.74) is 0. The van der Waals surface area contributed by atoms with E-state index in [4.69, 9.17) is 11.6 Å². The maximum Gasteiger partial charge on any atom is 0.0420 e. The van der Waals surface area contributed by atoms with E-state index in [0.717, 1.165) is 11.6 Å². The molecule has 3 heteroatoms. The molecule has 0 N–H and O–H groups in total. The van der Waals surface area contributed by atoms with Crippen molar-refractivity contribution in [3.63, 3.8) is 0 Å². The Labute approximate surface area is 105 Å². The molecule has 84 valence electrons. The summed E-state index contributed by atoms with van der Waals surface area (Å²) in [6.07, 6.45) is 2.72. The van der Waals surface area contributed by atoms with Crippen molar-refractivity contribution < 1.29 is 0 Å². The zero-order valence-corrected chi connectivity index (χ0v) is 10.7. The smallest absolute Gasteiger partial charge is 0.0420 e. The number of benzene rings is 1. The number of rotatable bonds is 2. The summed E-state index contributed by atoms with van der Waals surface area (Å²) in [4.78, 5) is 3.99. The summed E-state index contributed by atoms with van der Waals surface area (Å²) in [5, 5.41) is 2.16. The quantitative estimate of drug-likeness (QED) is 0.775. The first-order valence-electron chi connectivity index (χ1n) is 5.71. The molecule has 0 amide bonds. The van der Waals surface area contributed by atoms with Crippen LogP contribution in [0, 0.1) is 0 Å². The van der Waals surface area contributed by atoms with Crippen LogP contribution in [0.3, 0.4) is 0 Å². The van der Waals surface area contributed by atoms with Gasteiger partial charge in [0.2, 0.25) is 0 Å². The van der Waals surface area contributed by atoms with Gasteiger partial charge in [0.1, 0.15) is 0 Å². The molecule has 3 rings (SSSR count). The second-order valence-corrected chi connectivity index (χ2v) is 5.98. The molecule has 1 aliphatic heterocycles. The zero-order chi connectivity index (χ0) is 11.0. The van der Waals surface area contributed by atoms with E-state index >= 15 is 0 Å². The van der Waals surface area contributed by atoms with Crippen LogP contribution in [0.1, 0.15) is 17.7 Å². The number of nitrogens with zero attached hydrogens (tertiary/aromatic N) is 1. The highest BCUT2D eigenvalue weighted by Crippen LogP contribution is 2.29. The molecule has 0 saturated carbocycles. The van der Waals surface area contributed by atoms with Gasteiger partial charge in [-0.25, -0.2) is 0 Å². The predicted octanol–water partition coefficient (Wildman–Crippen LogP) is 4.15. The molecule has 2 aromatic rings. The number of likely N-dealkylation sites (tertiary alicyclic amines) is 1. The molecular formula is C13H14ClNS. The Bertz CT molecular complexity index is 500. The van der Waals surface area contributed by atoms with Crippen molar-refractivity contribution in [1.29, 1.82) is 0 Å². The molecule has 1 fully saturated rings. The second kappa shape index (κ2) is 4.36. The molecule has 1 aromatic heterocycles. The topological polar surface area (TPSA) is 3.24 Å². The first-order valence-corrected chi connectivity index (χ1v) is 6.91. The fourth-order valence-corrected chi connectivity index (χ4v) is 3.68. The van der Waals surface area contributed by atoms with Gasteiger partial charge < -0.3 is 0 Å². The summed E-state index contributed by atoms with van der Waals surface area (Å²) < 4.78 is 1.31. The van der Waals surface area contributed by atoms with Gasteiger partial charge in [0, 0.05) is 21.1 Å². The maximum atomic E-state index is 5.99. The minimum Gasteiger partial charge on any atom is -0.298 e. The summed E-state index contributed by atoms with van der Waals surface area (Å²) in [6.45, 7) is 3.63. The number of hydrogen-bond acceptors (Lipinski definition) is 2. The monoisotopic (exact) mass is 251 g/mol. The Morgan fingerprint density at radius 3 is 2.81 bits per heavy atom. The zero-order valence-electron chi connectivity index (χ0n) is 9.08. The van der Waals surface area contributed by atoms with Gasteiger partial charge >= 0.3 is 0 Å². The molecule has 0 aliphatic carbocycles. The summed E-state index contributed by atoms with van der Waals surface area (Å²) in [6, 6.07) is 8.45. The molecule has 0 radical (unpaired) electrons. The van der Waals surface area contributed by atoms with Crippen LogP contribution in [0.25, 0.3) is 10.1 Å². The summed E-state index contributed by atoms with van der Waals surface area (Å²) >= 11 is 7.87. The Morgan fingerprint density at radius 2 is 2.00 bits per heavy atom. The van der Waals surface area contributed by atoms with Gasteiger partial charge in [0.15, 0.2) is 0 Å². The molecule has 0 atom stereocenters. The van der Waals surface area contributed by atoms with E-state index in [2.05, 4.69) is 23.1 Å². The van der Waals surface area contributed by atoms with Gasteiger partial charge in [-0.2, -0.15) is 0 Å². The highest BCUT2D eigenvalue weighted by Gasteiger charge is 2.13. The lowest BCUT2D eigenvalue weighted by Gasteiger charge is -2.12. The van der Waals surface area contributed by atoms with Crippen molar-refractivity contribution >= 4 is 33.0 Å². The largest absolute Gasteiger partial charge is 0.298 e. The average molecular weight is 252 g/mol. The Kier molecular flexibility index (Phi) is 2.88. The standard InChI is InChI=1S/C13H14ClNS/c14-11-4-3-10-7-12(16-13(10)8-11)9-15-5-1-2-6-15/h3-4,7-8H,1-2,5-6,9H2. The number of halogens is 1. The molecule has 0 bridgehead atoms. The van der Waals surface area contributed by atoms with Crippen molar-refractivity contribution in [1.82, 2.24) is 4.90 Å². The van der Waals surface area contributed by atoms with Crippen LogP contribution in [0.5, 0.6) is 0 Å². The van der Waals surface area contributed by atoms with Crippen molar-refractivity contribution in [2.45, 2.75) is 19.4 Å². The molecule has 1 saturated heterocycles. The van der Waals surface area contributed by atoms with Crippen molar-refractivity contribution in [3.8, 4) is 0 Å². The van der Waals surface area contributed by atoms with E-state index in [0.29, 0.717) is 0 Å². The molecule has 0 unspecified atom stereocenters. The van der Waals surface area contributed by atoms with Crippen LogP contribution in [0.4, 0.5) is 0 Å². The number of thiophene rings is 1. The molecular weight excluding hydrogens is 238 g/mol. The van der Waals surface area contributed by atoms with Gasteiger partial charge in [-0.3, -0.25) is 4.90 Å². The van der Waals surface area contributed by atoms with Gasteiger partial charge in [0.25, 0.3) is 0 Å². The van der Waals surface area contributed by atoms with Crippen LogP contribution in [-0.2, 0) is 6.54 Å². The van der Waals surface area contributed by atoms with E-state index in [-0.39, 0.29) is 0 Å². The normalized spacial score (nSPS) is 17.3. The van der Waals surface area contributed by atoms with Crippen LogP contribution in [0.15, 0.2) is 24.3 Å². The highest BCUT2D eigenvalue weighted by atomic mass is 35.5. The maximum absolute atomic E-state index is 5.99. The Balaban J connectivity index is 1.86. The number of hydrogen-bond donors (Lipinski definition) is 0. The van der Waals surface area contributed by atoms with E-state index in [1.54, 1.807) is 0 Å². The van der Waals surface area contributed by atoms with E-state index < -0.39 is 0 Å². The van der Waals surface area contributed by atoms with E-state index in [1.165, 1.54) is 40.9 Å². The van der Waals surface area contributed by atoms with Gasteiger partial charge in [0.05, 0.1) is 0 Å². The molecule has 16 heavy (non-hydrogen) atoms. The summed E-state index contributed by atoms with van der Waals surface area (Å²) in [7, 11) is 0. The Morgan fingerprint density at radius 1 is 1.19 bits per heavy atom. The molecule has 1 aromatic carbocycles. The second-order valence-electron chi connectivity index (χ2n) is 4.38. The van der Waals surface area contributed by atoms with Crippen molar-refractivity contribution in [3.05, 3.63) is 34.2 Å². The van der Waals surface area contributed by atoms with Crippen molar-refractivity contribution in [2.24, 2.45) is 0 Å². The minimum atomic E-state index is 0.835. The third-order valence-electron chi connectivity index (χ3n) is 3.11. The van der Waals surface area contributed by atoms with Crippen LogP contribution >= 0.6 is 22.9 Å². The van der Waals surface area contributed by atoms with Gasteiger partial charge in [-0.15, -0.1) is 11.3 Å². The van der Waals surface area contributed by atoms with Crippen LogP contribution < -0.4 is 0 Å². The predicted molar refractivity (Wildman–Crippen MR) is 71.3 cm³/mol. The summed E-state index contributed by atoms with van der Waals surface area (Å²) in [5.74, 6) is 0. The third kappa shape index (κ3) is 2.10. The Hall–Kier alpha value is -0.570. The van der Waals surface area contributed by atoms with Gasteiger partial charge in [-0.1, -0.05) is 17.7 Å². The molecule has 1 aliphatic rings. The molecule has 2 heterocycles.